The average molecular weight is 430 g/mol. The van der Waals surface area contributed by atoms with Crippen molar-refractivity contribution in [2.24, 2.45) is 17.4 Å². The molecule has 1 rings (SSSR count). The van der Waals surface area contributed by atoms with Crippen LogP contribution in [-0.2, 0) is 19.2 Å². The van der Waals surface area contributed by atoms with E-state index in [4.69, 9.17) is 16.6 Å². The van der Waals surface area contributed by atoms with Gasteiger partial charge < -0.3 is 37.2 Å². The normalized spacial score (nSPS) is 19.3. The number of carbonyl (C=O) groups excluding carboxylic acids is 3. The van der Waals surface area contributed by atoms with Crippen LogP contribution in [0.25, 0.3) is 0 Å². The van der Waals surface area contributed by atoms with E-state index in [-0.39, 0.29) is 12.3 Å². The van der Waals surface area contributed by atoms with Crippen molar-refractivity contribution >= 4 is 23.7 Å². The van der Waals surface area contributed by atoms with Gasteiger partial charge in [0.15, 0.2) is 0 Å². The molecule has 172 valence electrons. The van der Waals surface area contributed by atoms with Crippen LogP contribution in [0, 0.1) is 5.92 Å². The van der Waals surface area contributed by atoms with Gasteiger partial charge in [-0.1, -0.05) is 13.8 Å². The molecule has 8 N–H and O–H groups in total. The van der Waals surface area contributed by atoms with Crippen LogP contribution in [0.5, 0.6) is 0 Å². The number of amides is 3. The largest absolute Gasteiger partial charge is 0.480 e. The fourth-order valence-electron chi connectivity index (χ4n) is 3.39. The van der Waals surface area contributed by atoms with Crippen LogP contribution in [0.3, 0.4) is 0 Å². The van der Waals surface area contributed by atoms with Gasteiger partial charge in [0.25, 0.3) is 0 Å². The molecule has 3 amide bonds. The van der Waals surface area contributed by atoms with E-state index >= 15 is 0 Å². The first-order chi connectivity index (χ1) is 14.1. The molecule has 1 heterocycles. The number of hydrogen-bond donors (Lipinski definition) is 6. The van der Waals surface area contributed by atoms with E-state index in [0.717, 1.165) is 0 Å². The van der Waals surface area contributed by atoms with E-state index in [2.05, 4.69) is 10.6 Å². The Balaban J connectivity index is 2.82. The number of hydrogen-bond acceptors (Lipinski definition) is 7. The second-order valence-corrected chi connectivity index (χ2v) is 7.89. The number of rotatable bonds is 12. The highest BCUT2D eigenvalue weighted by Gasteiger charge is 2.38. The van der Waals surface area contributed by atoms with Crippen LogP contribution in [0.15, 0.2) is 0 Å². The number of unbranched alkanes of at least 4 members (excludes halogenated alkanes) is 1. The van der Waals surface area contributed by atoms with Crippen LogP contribution in [0.4, 0.5) is 0 Å². The monoisotopic (exact) mass is 429 g/mol. The minimum atomic E-state index is -1.15. The van der Waals surface area contributed by atoms with Crippen molar-refractivity contribution in [2.45, 2.75) is 70.1 Å². The lowest BCUT2D eigenvalue weighted by atomic mass is 10.0. The maximum absolute atomic E-state index is 12.8. The first-order valence-electron chi connectivity index (χ1n) is 10.3. The number of carboxylic acid groups (broad SMARTS) is 1. The third-order valence-electron chi connectivity index (χ3n) is 5.16. The van der Waals surface area contributed by atoms with E-state index in [1.165, 1.54) is 4.90 Å². The van der Waals surface area contributed by atoms with Crippen LogP contribution < -0.4 is 22.1 Å². The molecule has 30 heavy (non-hydrogen) atoms. The Morgan fingerprint density at radius 3 is 2.37 bits per heavy atom. The summed E-state index contributed by atoms with van der Waals surface area (Å²) >= 11 is 0. The SMILES string of the molecule is CC(C)C(NC(=O)C1CCCN1C(=O)C(N)CO)C(=O)NC(CCCCN)C(=O)O. The summed E-state index contributed by atoms with van der Waals surface area (Å²) in [4.78, 5) is 50.6. The van der Waals surface area contributed by atoms with Gasteiger partial charge in [0.1, 0.15) is 24.2 Å². The van der Waals surface area contributed by atoms with Crippen molar-refractivity contribution in [3.05, 3.63) is 0 Å². The summed E-state index contributed by atoms with van der Waals surface area (Å²) < 4.78 is 0. The van der Waals surface area contributed by atoms with Crippen molar-refractivity contribution in [1.29, 1.82) is 0 Å². The Bertz CT molecular complexity index is 614. The third kappa shape index (κ3) is 7.22. The molecule has 0 radical (unpaired) electrons. The molecule has 0 aromatic rings. The molecule has 4 atom stereocenters. The van der Waals surface area contributed by atoms with Crippen LogP contribution in [0.1, 0.15) is 46.0 Å². The minimum Gasteiger partial charge on any atom is -0.480 e. The predicted molar refractivity (Wildman–Crippen MR) is 109 cm³/mol. The van der Waals surface area contributed by atoms with Gasteiger partial charge in [-0.2, -0.15) is 0 Å². The summed E-state index contributed by atoms with van der Waals surface area (Å²) in [6.07, 6.45) is 2.45. The van der Waals surface area contributed by atoms with Gasteiger partial charge in [0.05, 0.1) is 6.61 Å². The summed E-state index contributed by atoms with van der Waals surface area (Å²) in [5.74, 6) is -3.08. The molecular weight excluding hydrogens is 394 g/mol. The zero-order valence-corrected chi connectivity index (χ0v) is 17.7. The maximum Gasteiger partial charge on any atom is 0.326 e. The number of carbonyl (C=O) groups is 4. The topological polar surface area (TPSA) is 188 Å². The Kier molecular flexibility index (Phi) is 10.7. The number of nitrogens with two attached hydrogens (primary N) is 2. The Labute approximate surface area is 176 Å². The van der Waals surface area contributed by atoms with Gasteiger partial charge in [-0.05, 0) is 44.6 Å². The lowest BCUT2D eigenvalue weighted by Gasteiger charge is -2.29. The van der Waals surface area contributed by atoms with E-state index < -0.39 is 54.5 Å². The van der Waals surface area contributed by atoms with Gasteiger partial charge >= 0.3 is 5.97 Å². The van der Waals surface area contributed by atoms with Gasteiger partial charge in [0.2, 0.25) is 17.7 Å². The smallest absolute Gasteiger partial charge is 0.326 e. The number of aliphatic hydroxyl groups excluding tert-OH is 1. The molecule has 0 aliphatic carbocycles. The fourth-order valence-corrected chi connectivity index (χ4v) is 3.39. The van der Waals surface area contributed by atoms with Crippen molar-refractivity contribution in [1.82, 2.24) is 15.5 Å². The molecule has 0 saturated carbocycles. The Morgan fingerprint density at radius 1 is 1.17 bits per heavy atom. The standard InChI is InChI=1S/C19H35N5O6/c1-11(2)15(17(27)22-13(19(29)30)6-3-4-8-20)23-16(26)14-7-5-9-24(14)18(28)12(21)10-25/h11-15,25H,3-10,20-21H2,1-2H3,(H,22,27)(H,23,26)(H,29,30). The first kappa shape index (κ1) is 25.8. The number of aliphatic carboxylic acids is 1. The quantitative estimate of drug-likeness (QED) is 0.195. The highest BCUT2D eigenvalue weighted by atomic mass is 16.4. The van der Waals surface area contributed by atoms with Gasteiger partial charge in [-0.3, -0.25) is 14.4 Å². The highest BCUT2D eigenvalue weighted by molar-refractivity contribution is 5.94. The summed E-state index contributed by atoms with van der Waals surface area (Å²) in [7, 11) is 0. The summed E-state index contributed by atoms with van der Waals surface area (Å²) in [5.41, 5.74) is 11.0. The molecule has 4 unspecified atom stereocenters. The average Bonchev–Trinajstić information content (AvgIpc) is 3.19. The van der Waals surface area contributed by atoms with Crippen molar-refractivity contribution < 1.29 is 29.4 Å². The number of likely N-dealkylation sites (tertiary alicyclic amines) is 1. The summed E-state index contributed by atoms with van der Waals surface area (Å²) in [5, 5.41) is 23.6. The molecule has 1 saturated heterocycles. The zero-order valence-electron chi connectivity index (χ0n) is 17.7. The molecule has 1 aliphatic rings. The minimum absolute atomic E-state index is 0.237. The Morgan fingerprint density at radius 2 is 1.83 bits per heavy atom. The molecular formula is C19H35N5O6. The number of nitrogens with one attached hydrogen (secondary N) is 2. The van der Waals surface area contributed by atoms with Crippen molar-refractivity contribution in [3.8, 4) is 0 Å². The molecule has 0 spiro atoms. The second-order valence-electron chi connectivity index (χ2n) is 7.89. The second kappa shape index (κ2) is 12.5. The number of aliphatic hydroxyl groups is 1. The fraction of sp³-hybridized carbons (Fsp3) is 0.789. The van der Waals surface area contributed by atoms with Crippen molar-refractivity contribution in [3.63, 3.8) is 0 Å². The zero-order chi connectivity index (χ0) is 22.8. The summed E-state index contributed by atoms with van der Waals surface area (Å²) in [6.45, 7) is 3.70. The van der Waals surface area contributed by atoms with E-state index in [9.17, 15) is 24.3 Å². The van der Waals surface area contributed by atoms with Crippen LogP contribution in [0.2, 0.25) is 0 Å². The highest BCUT2D eigenvalue weighted by Crippen LogP contribution is 2.19. The molecule has 0 bridgehead atoms. The van der Waals surface area contributed by atoms with Gasteiger partial charge in [-0.15, -0.1) is 0 Å². The molecule has 1 aliphatic heterocycles. The Hall–Kier alpha value is -2.24. The number of nitrogens with zero attached hydrogens (tertiary/aromatic N) is 1. The predicted octanol–water partition coefficient (Wildman–Crippen LogP) is -1.86. The van der Waals surface area contributed by atoms with E-state index in [1.807, 2.05) is 0 Å². The molecule has 1 fully saturated rings. The lowest BCUT2D eigenvalue weighted by Crippen LogP contribution is -2.58. The number of carboxylic acids is 1. The first-order valence-corrected chi connectivity index (χ1v) is 10.3. The van der Waals surface area contributed by atoms with Gasteiger partial charge in [-0.25, -0.2) is 4.79 Å². The lowest BCUT2D eigenvalue weighted by molar-refractivity contribution is -0.143. The molecule has 11 heteroatoms. The maximum atomic E-state index is 12.8. The van der Waals surface area contributed by atoms with Crippen LogP contribution in [-0.4, -0.2) is 82.7 Å². The van der Waals surface area contributed by atoms with E-state index in [0.29, 0.717) is 38.8 Å². The van der Waals surface area contributed by atoms with Crippen molar-refractivity contribution in [2.75, 3.05) is 19.7 Å². The molecule has 0 aromatic carbocycles. The molecule has 11 nitrogen and oxygen atoms in total. The van der Waals surface area contributed by atoms with E-state index in [1.54, 1.807) is 13.8 Å². The molecule has 0 aromatic heterocycles. The summed E-state index contributed by atoms with van der Waals surface area (Å²) in [6, 6.07) is -3.93. The van der Waals surface area contributed by atoms with Crippen LogP contribution >= 0.6 is 0 Å². The third-order valence-corrected chi connectivity index (χ3v) is 5.16. The van der Waals surface area contributed by atoms with Gasteiger partial charge in [0, 0.05) is 6.54 Å².